The molecule has 0 saturated heterocycles. The van der Waals surface area contributed by atoms with E-state index in [1.165, 1.54) is 19.1 Å². The zero-order chi connectivity index (χ0) is 22.9. The zero-order valence-electron chi connectivity index (χ0n) is 15.1. The number of thiol groups is 2. The van der Waals surface area contributed by atoms with Crippen LogP contribution in [-0.2, 0) is 0 Å². The minimum Gasteiger partial charge on any atom is -0.354 e. The van der Waals surface area contributed by atoms with Crippen LogP contribution in [0.3, 0.4) is 0 Å². The molecule has 0 aliphatic carbocycles. The van der Waals surface area contributed by atoms with E-state index < -0.39 is 41.6 Å². The first-order valence-electron chi connectivity index (χ1n) is 7.80. The Balaban J connectivity index is 3.13. The molecule has 30 heavy (non-hydrogen) atoms. The molecule has 0 unspecified atom stereocenters. The highest BCUT2D eigenvalue weighted by Crippen LogP contribution is 2.13. The molecule has 0 amide bonds. The molecule has 0 aromatic heterocycles. The first kappa shape index (κ1) is 25.7. The van der Waals surface area contributed by atoms with Crippen molar-refractivity contribution in [2.75, 3.05) is 13.1 Å². The molecule has 0 fully saturated rings. The molecule has 15 heteroatoms. The van der Waals surface area contributed by atoms with E-state index in [2.05, 4.69) is 45.7 Å². The average molecular weight is 476 g/mol. The van der Waals surface area contributed by atoms with Gasteiger partial charge in [-0.3, -0.25) is 0 Å². The highest BCUT2D eigenvalue weighted by molar-refractivity contribution is 7.97. The fourth-order valence-electron chi connectivity index (χ4n) is 1.64. The summed E-state index contributed by atoms with van der Waals surface area (Å²) in [5, 5.41) is 17.2. The lowest BCUT2D eigenvalue weighted by Crippen LogP contribution is -2.31. The highest BCUT2D eigenvalue weighted by atomic mass is 32.1. The van der Waals surface area contributed by atoms with E-state index in [0.29, 0.717) is 0 Å². The van der Waals surface area contributed by atoms with Gasteiger partial charge in [-0.1, -0.05) is 0 Å². The number of halogens is 7. The van der Waals surface area contributed by atoms with Gasteiger partial charge in [0.15, 0.2) is 10.3 Å². The van der Waals surface area contributed by atoms with Crippen LogP contribution in [-0.4, -0.2) is 47.2 Å². The average Bonchev–Trinajstić information content (AvgIpc) is 2.63. The van der Waals surface area contributed by atoms with Crippen molar-refractivity contribution in [1.82, 2.24) is 10.6 Å². The van der Waals surface area contributed by atoms with E-state index in [4.69, 9.17) is 0 Å². The Labute approximate surface area is 177 Å². The minimum atomic E-state index is -4.51. The number of rotatable bonds is 6. The Morgan fingerprint density at radius 1 is 0.800 bits per heavy atom. The van der Waals surface area contributed by atoms with Crippen molar-refractivity contribution in [1.29, 1.82) is 0 Å². The smallest absolute Gasteiger partial charge is 0.354 e. The van der Waals surface area contributed by atoms with Crippen molar-refractivity contribution in [2.24, 2.45) is 20.4 Å². The molecule has 166 valence electrons. The van der Waals surface area contributed by atoms with Crippen molar-refractivity contribution >= 4 is 47.0 Å². The Bertz CT molecular complexity index is 829. The fourth-order valence-corrected chi connectivity index (χ4v) is 1.89. The lowest BCUT2D eigenvalue weighted by Gasteiger charge is -2.08. The van der Waals surface area contributed by atoms with Gasteiger partial charge in [-0.15, -0.1) is 40.6 Å². The maximum absolute atomic E-state index is 13.2. The summed E-state index contributed by atoms with van der Waals surface area (Å²) in [5.74, 6) is -0.565. The number of benzene rings is 1. The quantitative estimate of drug-likeness (QED) is 0.166. The lowest BCUT2D eigenvalue weighted by molar-refractivity contribution is -0.122. The Kier molecular flexibility index (Phi) is 9.61. The molecule has 1 aromatic rings. The summed E-state index contributed by atoms with van der Waals surface area (Å²) >= 11 is 7.44. The van der Waals surface area contributed by atoms with Crippen LogP contribution < -0.4 is 10.6 Å². The molecular weight excluding hydrogens is 461 g/mol. The molecule has 0 spiro atoms. The Morgan fingerprint density at radius 2 is 1.23 bits per heavy atom. The van der Waals surface area contributed by atoms with Crippen LogP contribution in [0.1, 0.15) is 12.5 Å². The molecule has 0 radical (unpaired) electrons. The first-order chi connectivity index (χ1) is 13.8. The van der Waals surface area contributed by atoms with Crippen LogP contribution in [0.4, 0.5) is 30.7 Å². The number of amidine groups is 2. The molecule has 0 atom stereocenters. The van der Waals surface area contributed by atoms with Crippen LogP contribution in [0.25, 0.3) is 0 Å². The number of nitrogens with zero attached hydrogens (tertiary/aromatic N) is 4. The summed E-state index contributed by atoms with van der Waals surface area (Å²) in [6, 6.07) is 4.75. The summed E-state index contributed by atoms with van der Waals surface area (Å²) in [7, 11) is 0. The van der Waals surface area contributed by atoms with Crippen molar-refractivity contribution in [2.45, 2.75) is 19.3 Å². The van der Waals surface area contributed by atoms with Crippen LogP contribution in [0.5, 0.6) is 0 Å². The summed E-state index contributed by atoms with van der Waals surface area (Å²) in [5.41, 5.74) is 0.219. The van der Waals surface area contributed by atoms with Crippen LogP contribution in [0.2, 0.25) is 0 Å². The van der Waals surface area contributed by atoms with Crippen LogP contribution in [0.15, 0.2) is 44.7 Å². The Morgan fingerprint density at radius 3 is 1.67 bits per heavy atom. The second kappa shape index (κ2) is 11.2. The third-order valence-corrected chi connectivity index (χ3v) is 3.39. The number of alkyl halides is 6. The predicted molar refractivity (Wildman–Crippen MR) is 107 cm³/mol. The van der Waals surface area contributed by atoms with Gasteiger partial charge in [0.25, 0.3) is 0 Å². The normalized spacial score (nSPS) is 14.7. The second-order valence-corrected chi connectivity index (χ2v) is 6.27. The monoisotopic (exact) mass is 476 g/mol. The van der Waals surface area contributed by atoms with Gasteiger partial charge in [0.1, 0.15) is 24.6 Å². The maximum atomic E-state index is 13.2. The Hall–Kier alpha value is -2.29. The molecule has 6 nitrogen and oxygen atoms in total. The molecule has 0 heterocycles. The molecule has 0 bridgehead atoms. The topological polar surface area (TPSA) is 73.5 Å². The van der Waals surface area contributed by atoms with Gasteiger partial charge < -0.3 is 10.6 Å². The third kappa shape index (κ3) is 11.0. The van der Waals surface area contributed by atoms with E-state index in [1.807, 2.05) is 10.6 Å². The molecule has 2 N–H and O–H groups in total. The van der Waals surface area contributed by atoms with E-state index >= 15 is 0 Å². The summed E-state index contributed by atoms with van der Waals surface area (Å²) in [6.07, 6.45) is -9.00. The lowest BCUT2D eigenvalue weighted by atomic mass is 10.1. The molecule has 0 aliphatic heterocycles. The number of nitrogens with one attached hydrogen (secondary N) is 2. The van der Waals surface area contributed by atoms with Crippen LogP contribution in [0, 0.1) is 5.82 Å². The number of hydrogen-bond acceptors (Lipinski definition) is 4. The standard InChI is InChI=1S/C15H15F7N6S2/c1-8(25-27-12(29)23-6-14(17,18)19)11(9-2-4-10(16)5-3-9)26-28-13(30)24-7-15(20,21)22/h2-5H,6-7H2,1H3,(H2,23,27,29)(H2,24,28,30)/b25-8+,26-11-. The van der Waals surface area contributed by atoms with Gasteiger partial charge in [0, 0.05) is 5.56 Å². The molecule has 0 aliphatic rings. The van der Waals surface area contributed by atoms with Gasteiger partial charge in [0.2, 0.25) is 0 Å². The van der Waals surface area contributed by atoms with Crippen molar-refractivity contribution in [3.05, 3.63) is 35.6 Å². The maximum Gasteiger partial charge on any atom is 0.405 e. The van der Waals surface area contributed by atoms with Gasteiger partial charge >= 0.3 is 12.4 Å². The van der Waals surface area contributed by atoms with E-state index in [1.54, 1.807) is 0 Å². The highest BCUT2D eigenvalue weighted by Gasteiger charge is 2.27. The van der Waals surface area contributed by atoms with Gasteiger partial charge in [0.05, 0.1) is 5.71 Å². The van der Waals surface area contributed by atoms with Gasteiger partial charge in [-0.2, -0.15) is 31.4 Å². The zero-order valence-corrected chi connectivity index (χ0v) is 16.8. The van der Waals surface area contributed by atoms with Crippen molar-refractivity contribution in [3.8, 4) is 0 Å². The van der Waals surface area contributed by atoms with Crippen molar-refractivity contribution < 1.29 is 30.7 Å². The first-order valence-corrected chi connectivity index (χ1v) is 8.69. The minimum absolute atomic E-state index is 0.00247. The van der Waals surface area contributed by atoms with E-state index in [9.17, 15) is 30.7 Å². The second-order valence-electron chi connectivity index (χ2n) is 5.43. The molecule has 1 rings (SSSR count). The third-order valence-electron chi connectivity index (χ3n) is 2.89. The fraction of sp³-hybridized carbons (Fsp3) is 0.333. The molecule has 1 aromatic carbocycles. The summed E-state index contributed by atoms with van der Waals surface area (Å²) < 4.78 is 86.3. The summed E-state index contributed by atoms with van der Waals surface area (Å²) in [6.45, 7) is -1.43. The SMILES string of the molecule is CC(=N\N=C(/S)NCC(F)(F)F)/C(=N/N=C(\S)NCC(F)(F)F)c1ccc(F)cc1. The van der Waals surface area contributed by atoms with Gasteiger partial charge in [-0.25, -0.2) is 4.39 Å². The largest absolute Gasteiger partial charge is 0.405 e. The van der Waals surface area contributed by atoms with E-state index in [0.717, 1.165) is 12.1 Å². The predicted octanol–water partition coefficient (Wildman–Crippen LogP) is 3.78. The molecule has 0 saturated carbocycles. The molecular formula is C15H15F7N6S2. The van der Waals surface area contributed by atoms with Crippen molar-refractivity contribution in [3.63, 3.8) is 0 Å². The number of hydrogen-bond donors (Lipinski definition) is 4. The van der Waals surface area contributed by atoms with E-state index in [-0.39, 0.29) is 17.0 Å². The van der Waals surface area contributed by atoms with Crippen LogP contribution >= 0.6 is 25.3 Å². The van der Waals surface area contributed by atoms with Gasteiger partial charge in [-0.05, 0) is 31.2 Å². The summed E-state index contributed by atoms with van der Waals surface area (Å²) in [4.78, 5) is 0.